The van der Waals surface area contributed by atoms with E-state index < -0.39 is 0 Å². The van der Waals surface area contributed by atoms with E-state index in [9.17, 15) is 0 Å². The van der Waals surface area contributed by atoms with Crippen molar-refractivity contribution in [3.63, 3.8) is 0 Å². The molecule has 2 aromatic rings. The third-order valence-corrected chi connectivity index (χ3v) is 3.63. The van der Waals surface area contributed by atoms with Gasteiger partial charge in [-0.3, -0.25) is 0 Å². The maximum Gasteiger partial charge on any atom is 0.226 e. The highest BCUT2D eigenvalue weighted by molar-refractivity contribution is 5.84. The van der Waals surface area contributed by atoms with Crippen molar-refractivity contribution in [3.8, 4) is 0 Å². The molecule has 0 unspecified atom stereocenters. The molecule has 2 aromatic heterocycles. The van der Waals surface area contributed by atoms with Crippen LogP contribution in [0.15, 0.2) is 6.33 Å². The maximum absolute atomic E-state index is 5.69. The number of ether oxygens (including phenoxy) is 1. The van der Waals surface area contributed by atoms with E-state index in [1.807, 2.05) is 14.0 Å². The molecule has 20 heavy (non-hydrogen) atoms. The highest BCUT2D eigenvalue weighted by Crippen LogP contribution is 2.26. The van der Waals surface area contributed by atoms with Gasteiger partial charge >= 0.3 is 0 Å². The Morgan fingerprint density at radius 2 is 2.20 bits per heavy atom. The summed E-state index contributed by atoms with van der Waals surface area (Å²) in [5.74, 6) is 1.53. The number of nitrogens with one attached hydrogen (secondary N) is 2. The molecule has 1 fully saturated rings. The second-order valence-corrected chi connectivity index (χ2v) is 4.86. The molecule has 7 nitrogen and oxygen atoms in total. The Morgan fingerprint density at radius 1 is 1.40 bits per heavy atom. The number of nitrogens with zero attached hydrogens (tertiary/aromatic N) is 4. The average Bonchev–Trinajstić information content (AvgIpc) is 2.95. The van der Waals surface area contributed by atoms with Crippen LogP contribution in [0, 0.1) is 0 Å². The molecule has 3 heterocycles. The first-order chi connectivity index (χ1) is 9.81. The van der Waals surface area contributed by atoms with Gasteiger partial charge in [-0.1, -0.05) is 0 Å². The molecule has 3 rings (SSSR count). The molecule has 108 valence electrons. The Balaban J connectivity index is 1.85. The van der Waals surface area contributed by atoms with Crippen LogP contribution in [-0.4, -0.2) is 52.8 Å². The van der Waals surface area contributed by atoms with Crippen LogP contribution >= 0.6 is 0 Å². The van der Waals surface area contributed by atoms with Gasteiger partial charge in [0.25, 0.3) is 0 Å². The summed E-state index contributed by atoms with van der Waals surface area (Å²) in [6.07, 6.45) is 4.10. The number of aromatic amines is 1. The van der Waals surface area contributed by atoms with Crippen molar-refractivity contribution >= 4 is 22.9 Å². The number of rotatable bonds is 4. The summed E-state index contributed by atoms with van der Waals surface area (Å²) in [6.45, 7) is 4.72. The molecule has 0 aromatic carbocycles. The Morgan fingerprint density at radius 3 is 2.90 bits per heavy atom. The van der Waals surface area contributed by atoms with Crippen LogP contribution in [0.5, 0.6) is 0 Å². The largest absolute Gasteiger partial charge is 0.378 e. The average molecular weight is 276 g/mol. The SMILES string of the molecule is CCOC1CCN(c2nc(NC)nc3nc[nH]c23)CC1. The number of hydrogen-bond donors (Lipinski definition) is 2. The summed E-state index contributed by atoms with van der Waals surface area (Å²) < 4.78 is 5.69. The van der Waals surface area contributed by atoms with Crippen LogP contribution in [0.3, 0.4) is 0 Å². The summed E-state index contributed by atoms with van der Waals surface area (Å²) in [4.78, 5) is 18.6. The molecule has 7 heteroatoms. The van der Waals surface area contributed by atoms with E-state index in [-0.39, 0.29) is 0 Å². The molecule has 0 saturated carbocycles. The Labute approximate surface area is 117 Å². The molecule has 0 amide bonds. The van der Waals surface area contributed by atoms with E-state index >= 15 is 0 Å². The maximum atomic E-state index is 5.69. The molecular formula is C13H20N6O. The van der Waals surface area contributed by atoms with E-state index in [0.717, 1.165) is 43.9 Å². The molecule has 0 atom stereocenters. The van der Waals surface area contributed by atoms with Gasteiger partial charge in [-0.05, 0) is 19.8 Å². The van der Waals surface area contributed by atoms with Gasteiger partial charge in [0.15, 0.2) is 11.5 Å². The number of H-pyrrole nitrogens is 1. The molecule has 1 saturated heterocycles. The van der Waals surface area contributed by atoms with Crippen LogP contribution in [0.25, 0.3) is 11.2 Å². The first kappa shape index (κ1) is 13.1. The van der Waals surface area contributed by atoms with Crippen LogP contribution < -0.4 is 10.2 Å². The summed E-state index contributed by atoms with van der Waals surface area (Å²) in [6, 6.07) is 0. The number of fused-ring (bicyclic) bond motifs is 1. The summed E-state index contributed by atoms with van der Waals surface area (Å²) in [7, 11) is 1.82. The van der Waals surface area contributed by atoms with E-state index in [0.29, 0.717) is 17.7 Å². The van der Waals surface area contributed by atoms with Crippen molar-refractivity contribution in [3.05, 3.63) is 6.33 Å². The molecule has 1 aliphatic heterocycles. The van der Waals surface area contributed by atoms with E-state index in [4.69, 9.17) is 4.74 Å². The Kier molecular flexibility index (Phi) is 3.68. The predicted molar refractivity (Wildman–Crippen MR) is 78.1 cm³/mol. The molecular weight excluding hydrogens is 256 g/mol. The topological polar surface area (TPSA) is 79.0 Å². The van der Waals surface area contributed by atoms with Gasteiger partial charge in [-0.25, -0.2) is 4.98 Å². The predicted octanol–water partition coefficient (Wildman–Crippen LogP) is 1.40. The molecule has 0 spiro atoms. The zero-order valence-electron chi connectivity index (χ0n) is 11.9. The molecule has 0 radical (unpaired) electrons. The molecule has 2 N–H and O–H groups in total. The lowest BCUT2D eigenvalue weighted by Crippen LogP contribution is -2.37. The van der Waals surface area contributed by atoms with Gasteiger partial charge in [0.05, 0.1) is 12.4 Å². The fourth-order valence-electron chi connectivity index (χ4n) is 2.63. The van der Waals surface area contributed by atoms with Gasteiger partial charge in [-0.15, -0.1) is 0 Å². The zero-order valence-corrected chi connectivity index (χ0v) is 11.9. The van der Waals surface area contributed by atoms with Crippen molar-refractivity contribution in [2.45, 2.75) is 25.9 Å². The van der Waals surface area contributed by atoms with Crippen molar-refractivity contribution in [2.75, 3.05) is 37.0 Å². The monoisotopic (exact) mass is 276 g/mol. The molecule has 1 aliphatic rings. The minimum Gasteiger partial charge on any atom is -0.378 e. The summed E-state index contributed by atoms with van der Waals surface area (Å²) in [5.41, 5.74) is 1.60. The second kappa shape index (κ2) is 5.62. The quantitative estimate of drug-likeness (QED) is 0.879. The summed E-state index contributed by atoms with van der Waals surface area (Å²) in [5, 5.41) is 2.99. The summed E-state index contributed by atoms with van der Waals surface area (Å²) >= 11 is 0. The lowest BCUT2D eigenvalue weighted by molar-refractivity contribution is 0.0459. The first-order valence-corrected chi connectivity index (χ1v) is 7.07. The van der Waals surface area contributed by atoms with Gasteiger partial charge in [0.2, 0.25) is 5.95 Å². The minimum atomic E-state index is 0.374. The number of piperidine rings is 1. The van der Waals surface area contributed by atoms with Gasteiger partial charge in [0.1, 0.15) is 5.52 Å². The molecule has 0 bridgehead atoms. The number of aromatic nitrogens is 4. The number of hydrogen-bond acceptors (Lipinski definition) is 6. The van der Waals surface area contributed by atoms with Crippen LogP contribution in [0.4, 0.5) is 11.8 Å². The standard InChI is InChI=1S/C13H20N6O/c1-3-20-9-4-6-19(7-5-9)12-10-11(16-8-15-10)17-13(14-2)18-12/h8-9H,3-7H2,1-2H3,(H2,14,15,16,17,18). The van der Waals surface area contributed by atoms with Gasteiger partial charge in [-0.2, -0.15) is 9.97 Å². The Bertz CT molecular complexity index is 575. The zero-order chi connectivity index (χ0) is 13.9. The van der Waals surface area contributed by atoms with E-state index in [1.165, 1.54) is 0 Å². The van der Waals surface area contributed by atoms with Crippen molar-refractivity contribution in [1.29, 1.82) is 0 Å². The van der Waals surface area contributed by atoms with E-state index in [2.05, 4.69) is 30.2 Å². The second-order valence-electron chi connectivity index (χ2n) is 4.86. The third-order valence-electron chi connectivity index (χ3n) is 3.63. The number of anilines is 2. The van der Waals surface area contributed by atoms with Crippen molar-refractivity contribution in [2.24, 2.45) is 0 Å². The normalized spacial score (nSPS) is 16.8. The van der Waals surface area contributed by atoms with Gasteiger partial charge < -0.3 is 19.9 Å². The Hall–Kier alpha value is -1.89. The highest BCUT2D eigenvalue weighted by Gasteiger charge is 2.23. The van der Waals surface area contributed by atoms with E-state index in [1.54, 1.807) is 6.33 Å². The highest BCUT2D eigenvalue weighted by atomic mass is 16.5. The smallest absolute Gasteiger partial charge is 0.226 e. The van der Waals surface area contributed by atoms with Crippen LogP contribution in [0.1, 0.15) is 19.8 Å². The lowest BCUT2D eigenvalue weighted by Gasteiger charge is -2.32. The van der Waals surface area contributed by atoms with Crippen molar-refractivity contribution < 1.29 is 4.74 Å². The fourth-order valence-corrected chi connectivity index (χ4v) is 2.63. The van der Waals surface area contributed by atoms with Gasteiger partial charge in [0, 0.05) is 26.7 Å². The lowest BCUT2D eigenvalue weighted by atomic mass is 10.1. The number of imidazole rings is 1. The van der Waals surface area contributed by atoms with Crippen LogP contribution in [-0.2, 0) is 4.74 Å². The minimum absolute atomic E-state index is 0.374. The first-order valence-electron chi connectivity index (χ1n) is 7.07. The van der Waals surface area contributed by atoms with Crippen LogP contribution in [0.2, 0.25) is 0 Å². The molecule has 0 aliphatic carbocycles. The third kappa shape index (κ3) is 2.40. The van der Waals surface area contributed by atoms with Crippen molar-refractivity contribution in [1.82, 2.24) is 19.9 Å². The fraction of sp³-hybridized carbons (Fsp3) is 0.615.